The number of nitrogens with zero attached hydrogens (tertiary/aromatic N) is 2. The molecule has 1 heterocycles. The second-order valence-corrected chi connectivity index (χ2v) is 7.22. The van der Waals surface area contributed by atoms with Crippen molar-refractivity contribution >= 4 is 29.9 Å². The molecule has 0 radical (unpaired) electrons. The van der Waals surface area contributed by atoms with Gasteiger partial charge in [0.25, 0.3) is 0 Å². The van der Waals surface area contributed by atoms with E-state index >= 15 is 0 Å². The van der Waals surface area contributed by atoms with Crippen molar-refractivity contribution < 1.29 is 4.74 Å². The van der Waals surface area contributed by atoms with E-state index in [1.54, 1.807) is 0 Å². The van der Waals surface area contributed by atoms with Crippen LogP contribution in [0.5, 0.6) is 0 Å². The van der Waals surface area contributed by atoms with Crippen molar-refractivity contribution in [3.8, 4) is 11.3 Å². The Bertz CT molecular complexity index is 713. The lowest BCUT2D eigenvalue weighted by Crippen LogP contribution is -2.38. The van der Waals surface area contributed by atoms with Gasteiger partial charge < -0.3 is 20.4 Å². The number of H-pyrrole nitrogens is 1. The van der Waals surface area contributed by atoms with Crippen LogP contribution in [0.2, 0.25) is 0 Å². The van der Waals surface area contributed by atoms with E-state index in [4.69, 9.17) is 4.74 Å². The van der Waals surface area contributed by atoms with E-state index < -0.39 is 0 Å². The third-order valence-electron chi connectivity index (χ3n) is 4.96. The number of guanidine groups is 1. The van der Waals surface area contributed by atoms with Crippen molar-refractivity contribution in [1.82, 2.24) is 20.6 Å². The first-order valence-corrected chi connectivity index (χ1v) is 10.6. The summed E-state index contributed by atoms with van der Waals surface area (Å²) in [6.45, 7) is 5.09. The Balaban J connectivity index is 0.00000300. The first-order valence-electron chi connectivity index (χ1n) is 10.6. The summed E-state index contributed by atoms with van der Waals surface area (Å²) in [5, 5.41) is 6.67. The van der Waals surface area contributed by atoms with Gasteiger partial charge in [-0.2, -0.15) is 0 Å². The summed E-state index contributed by atoms with van der Waals surface area (Å²) < 4.78 is 5.98. The molecule has 1 aromatic heterocycles. The smallest absolute Gasteiger partial charge is 0.191 e. The number of nitrogens with one attached hydrogen (secondary N) is 3. The summed E-state index contributed by atoms with van der Waals surface area (Å²) in [5.74, 6) is 1.68. The van der Waals surface area contributed by atoms with Gasteiger partial charge in [0, 0.05) is 19.7 Å². The summed E-state index contributed by atoms with van der Waals surface area (Å²) in [5.41, 5.74) is 2.15. The predicted octanol–water partition coefficient (Wildman–Crippen LogP) is 4.49. The van der Waals surface area contributed by atoms with Crippen LogP contribution in [0.1, 0.15) is 51.3 Å². The summed E-state index contributed by atoms with van der Waals surface area (Å²) >= 11 is 0. The minimum atomic E-state index is 0. The third-order valence-corrected chi connectivity index (χ3v) is 4.96. The van der Waals surface area contributed by atoms with Crippen molar-refractivity contribution in [2.75, 3.05) is 19.7 Å². The van der Waals surface area contributed by atoms with Crippen LogP contribution in [0.25, 0.3) is 11.3 Å². The largest absolute Gasteiger partial charge is 0.378 e. The molecule has 160 valence electrons. The number of ether oxygens (including phenoxy) is 1. The lowest BCUT2D eigenvalue weighted by atomic mass is 9.98. The molecule has 6 nitrogen and oxygen atoms in total. The number of rotatable bonds is 9. The van der Waals surface area contributed by atoms with Gasteiger partial charge in [0.05, 0.1) is 18.0 Å². The Kier molecular flexibility index (Phi) is 11.1. The molecule has 2 aromatic rings. The number of aliphatic imine (C=N–C) groups is 1. The number of aromatic nitrogens is 2. The zero-order chi connectivity index (χ0) is 19.4. The molecule has 7 heteroatoms. The molecule has 1 aliphatic rings. The molecule has 0 saturated heterocycles. The molecule has 0 amide bonds. The van der Waals surface area contributed by atoms with Gasteiger partial charge in [-0.1, -0.05) is 49.6 Å². The van der Waals surface area contributed by atoms with Crippen LogP contribution in [0.15, 0.2) is 41.5 Å². The lowest BCUT2D eigenvalue weighted by Gasteiger charge is -2.22. The molecule has 1 fully saturated rings. The fourth-order valence-corrected chi connectivity index (χ4v) is 3.46. The maximum atomic E-state index is 5.98. The van der Waals surface area contributed by atoms with Crippen molar-refractivity contribution in [3.63, 3.8) is 0 Å². The summed E-state index contributed by atoms with van der Waals surface area (Å²) in [7, 11) is 0. The number of hydrogen-bond acceptors (Lipinski definition) is 3. The van der Waals surface area contributed by atoms with Gasteiger partial charge in [-0.3, -0.25) is 0 Å². The number of imidazole rings is 1. The van der Waals surface area contributed by atoms with Crippen LogP contribution in [0.4, 0.5) is 0 Å². The molecule has 1 saturated carbocycles. The van der Waals surface area contributed by atoms with Crippen molar-refractivity contribution in [1.29, 1.82) is 0 Å². The average Bonchev–Trinajstić information content (AvgIpc) is 3.22. The molecule has 1 aromatic carbocycles. The normalized spacial score (nSPS) is 15.0. The fourth-order valence-electron chi connectivity index (χ4n) is 3.46. The number of hydrogen-bond donors (Lipinski definition) is 3. The highest BCUT2D eigenvalue weighted by molar-refractivity contribution is 14.0. The van der Waals surface area contributed by atoms with Gasteiger partial charge in [-0.25, -0.2) is 9.98 Å². The van der Waals surface area contributed by atoms with E-state index in [1.807, 2.05) is 24.4 Å². The molecule has 1 aliphatic carbocycles. The maximum absolute atomic E-state index is 5.98. The molecule has 0 aliphatic heterocycles. The maximum Gasteiger partial charge on any atom is 0.191 e. The second-order valence-electron chi connectivity index (χ2n) is 7.22. The Morgan fingerprint density at radius 1 is 1.17 bits per heavy atom. The standard InChI is InChI=1S/C22H33N5O.HI/c1-2-23-22(24-14-9-15-28-19-12-7-4-8-13-19)26-17-21-25-16-20(27-21)18-10-5-3-6-11-18;/h3,5-6,10-11,16,19H,2,4,7-9,12-15,17H2,1H3,(H,25,27)(H2,23,24,26);1H. The van der Waals surface area contributed by atoms with Crippen molar-refractivity contribution in [3.05, 3.63) is 42.4 Å². The third kappa shape index (κ3) is 8.34. The van der Waals surface area contributed by atoms with E-state index in [-0.39, 0.29) is 24.0 Å². The van der Waals surface area contributed by atoms with Crippen LogP contribution < -0.4 is 10.6 Å². The van der Waals surface area contributed by atoms with Crippen LogP contribution in [-0.4, -0.2) is 41.7 Å². The lowest BCUT2D eigenvalue weighted by molar-refractivity contribution is 0.0277. The minimum Gasteiger partial charge on any atom is -0.378 e. The molecular weight excluding hydrogens is 477 g/mol. The quantitative estimate of drug-likeness (QED) is 0.201. The van der Waals surface area contributed by atoms with Gasteiger partial charge in [0.1, 0.15) is 12.4 Å². The zero-order valence-corrected chi connectivity index (χ0v) is 19.7. The number of halogens is 1. The average molecular weight is 511 g/mol. The van der Waals surface area contributed by atoms with Crippen LogP contribution in [0.3, 0.4) is 0 Å². The van der Waals surface area contributed by atoms with Crippen molar-refractivity contribution in [2.24, 2.45) is 4.99 Å². The Morgan fingerprint density at radius 3 is 2.72 bits per heavy atom. The first-order chi connectivity index (χ1) is 13.8. The van der Waals surface area contributed by atoms with E-state index in [9.17, 15) is 0 Å². The van der Waals surface area contributed by atoms with Gasteiger partial charge in [-0.15, -0.1) is 24.0 Å². The summed E-state index contributed by atoms with van der Waals surface area (Å²) in [6.07, 6.45) is 9.79. The topological polar surface area (TPSA) is 74.3 Å². The molecule has 3 rings (SSSR count). The molecular formula is C22H34IN5O. The Labute approximate surface area is 191 Å². The molecule has 0 unspecified atom stereocenters. The summed E-state index contributed by atoms with van der Waals surface area (Å²) in [4.78, 5) is 12.4. The van der Waals surface area contributed by atoms with Gasteiger partial charge >= 0.3 is 0 Å². The van der Waals surface area contributed by atoms with Crippen LogP contribution >= 0.6 is 24.0 Å². The van der Waals surface area contributed by atoms with Gasteiger partial charge in [0.2, 0.25) is 0 Å². The van der Waals surface area contributed by atoms with E-state index in [0.29, 0.717) is 12.6 Å². The Morgan fingerprint density at radius 2 is 1.97 bits per heavy atom. The monoisotopic (exact) mass is 511 g/mol. The predicted molar refractivity (Wildman–Crippen MR) is 130 cm³/mol. The van der Waals surface area contributed by atoms with Crippen LogP contribution in [0, 0.1) is 0 Å². The highest BCUT2D eigenvalue weighted by Crippen LogP contribution is 2.20. The van der Waals surface area contributed by atoms with E-state index in [1.165, 1.54) is 32.1 Å². The first kappa shape index (κ1) is 23.7. The second kappa shape index (κ2) is 13.6. The molecule has 0 atom stereocenters. The van der Waals surface area contributed by atoms with Gasteiger partial charge in [-0.05, 0) is 31.7 Å². The van der Waals surface area contributed by atoms with E-state index in [0.717, 1.165) is 49.2 Å². The zero-order valence-electron chi connectivity index (χ0n) is 17.3. The van der Waals surface area contributed by atoms with Crippen molar-refractivity contribution in [2.45, 2.75) is 58.1 Å². The molecule has 3 N–H and O–H groups in total. The molecule has 0 bridgehead atoms. The summed E-state index contributed by atoms with van der Waals surface area (Å²) in [6, 6.07) is 10.2. The van der Waals surface area contributed by atoms with Crippen LogP contribution in [-0.2, 0) is 11.3 Å². The molecule has 0 spiro atoms. The number of aromatic amines is 1. The SMILES string of the molecule is CCNC(=NCc1ncc(-c2ccccc2)[nH]1)NCCCOC1CCCCC1.I. The minimum absolute atomic E-state index is 0. The fraction of sp³-hybridized carbons (Fsp3) is 0.545. The Hall–Kier alpha value is -1.61. The highest BCUT2D eigenvalue weighted by Gasteiger charge is 2.13. The van der Waals surface area contributed by atoms with E-state index in [2.05, 4.69) is 44.7 Å². The highest BCUT2D eigenvalue weighted by atomic mass is 127. The molecule has 29 heavy (non-hydrogen) atoms. The van der Waals surface area contributed by atoms with Gasteiger partial charge in [0.15, 0.2) is 5.96 Å². The number of benzene rings is 1.